The molecule has 0 aromatic heterocycles. The van der Waals surface area contributed by atoms with Crippen LogP contribution >= 0.6 is 0 Å². The van der Waals surface area contributed by atoms with Crippen LogP contribution in [-0.2, 0) is 5.41 Å². The molecule has 1 N–H and O–H groups in total. The first-order chi connectivity index (χ1) is 13.9. The molecule has 29 heavy (non-hydrogen) atoms. The van der Waals surface area contributed by atoms with Crippen LogP contribution in [0.2, 0.25) is 19.6 Å². The molecule has 0 saturated heterocycles. The number of hydrogen-bond donors (Lipinski definition) is 1. The third-order valence-electron chi connectivity index (χ3n) is 6.51. The van der Waals surface area contributed by atoms with E-state index in [2.05, 4.69) is 115 Å². The van der Waals surface area contributed by atoms with E-state index in [9.17, 15) is 0 Å². The monoisotopic (exact) mass is 400 g/mol. The van der Waals surface area contributed by atoms with Crippen molar-refractivity contribution in [3.8, 4) is 0 Å². The molecule has 0 fully saturated rings. The largest absolute Gasteiger partial charge is 0.387 e. The second-order valence-corrected chi connectivity index (χ2v) is 14.3. The molecule has 0 heterocycles. The number of allylic oxidation sites excluding steroid dienone is 6. The Bertz CT molecular complexity index is 910. The first-order valence-corrected chi connectivity index (χ1v) is 14.1. The van der Waals surface area contributed by atoms with E-state index in [1.165, 1.54) is 28.0 Å². The number of nitrogens with zero attached hydrogens (tertiary/aromatic N) is 1. The summed E-state index contributed by atoms with van der Waals surface area (Å²) in [6.45, 7) is 9.28. The maximum absolute atomic E-state index is 3.82. The van der Waals surface area contributed by atoms with Gasteiger partial charge in [0.05, 0.1) is 5.41 Å². The third-order valence-corrected chi connectivity index (χ3v) is 9.02. The van der Waals surface area contributed by atoms with Crippen molar-refractivity contribution in [2.75, 3.05) is 20.1 Å². The molecule has 0 unspecified atom stereocenters. The Kier molecular flexibility index (Phi) is 5.37. The highest BCUT2D eigenvalue weighted by molar-refractivity contribution is 6.73. The fraction of sp³-hybridized carbons (Fsp3) is 0.308. The van der Waals surface area contributed by atoms with Gasteiger partial charge in [-0.3, -0.25) is 0 Å². The summed E-state index contributed by atoms with van der Waals surface area (Å²) in [5.41, 5.74) is 6.81. The Morgan fingerprint density at radius 1 is 0.931 bits per heavy atom. The number of fused-ring (bicyclic) bond motifs is 1. The van der Waals surface area contributed by atoms with E-state index < -0.39 is 8.24 Å². The van der Waals surface area contributed by atoms with Crippen LogP contribution in [-0.4, -0.2) is 32.9 Å². The zero-order valence-electron chi connectivity index (χ0n) is 18.1. The van der Waals surface area contributed by atoms with Crippen LogP contribution in [0.3, 0.4) is 0 Å². The lowest BCUT2D eigenvalue weighted by Crippen LogP contribution is -2.46. The van der Waals surface area contributed by atoms with E-state index in [-0.39, 0.29) is 5.41 Å². The zero-order valence-corrected chi connectivity index (χ0v) is 19.1. The van der Waals surface area contributed by atoms with Gasteiger partial charge in [-0.25, -0.2) is 0 Å². The van der Waals surface area contributed by atoms with Gasteiger partial charge in [0.15, 0.2) is 0 Å². The minimum atomic E-state index is -1.25. The standard InChI is InChI=1S/C26H32N2Si/c1-28(29(2,3)4)19-18-27-25-20-26(21-12-7-5-8-13-21,22-14-9-6-10-15-22)24-17-11-16-23(24)25/h5-17,27H,18-20H2,1-4H3. The molecule has 2 aromatic rings. The summed E-state index contributed by atoms with van der Waals surface area (Å²) < 4.78 is 2.54. The first-order valence-electron chi connectivity index (χ1n) is 10.6. The predicted octanol–water partition coefficient (Wildman–Crippen LogP) is 5.48. The predicted molar refractivity (Wildman–Crippen MR) is 127 cm³/mol. The molecule has 0 atom stereocenters. The molecule has 2 nitrogen and oxygen atoms in total. The van der Waals surface area contributed by atoms with Gasteiger partial charge in [-0.05, 0) is 29.3 Å². The fourth-order valence-corrected chi connectivity index (χ4v) is 5.29. The number of rotatable bonds is 7. The Labute approximate surface area is 176 Å². The highest BCUT2D eigenvalue weighted by Gasteiger charge is 2.46. The Balaban J connectivity index is 1.66. The maximum Gasteiger partial charge on any atom is 0.118 e. The lowest BCUT2D eigenvalue weighted by atomic mass is 9.69. The second-order valence-electron chi connectivity index (χ2n) is 9.16. The van der Waals surface area contributed by atoms with Gasteiger partial charge in [-0.15, -0.1) is 0 Å². The molecule has 0 aliphatic heterocycles. The number of likely N-dealkylation sites (N-methyl/N-ethyl adjacent to an activating group) is 1. The lowest BCUT2D eigenvalue weighted by Gasteiger charge is -2.33. The summed E-state index contributed by atoms with van der Waals surface area (Å²) in [6.07, 6.45) is 7.80. The fourth-order valence-electron chi connectivity index (χ4n) is 4.51. The average molecular weight is 401 g/mol. The maximum atomic E-state index is 3.82. The van der Waals surface area contributed by atoms with Crippen LogP contribution < -0.4 is 5.32 Å². The molecule has 2 aliphatic carbocycles. The summed E-state index contributed by atoms with van der Waals surface area (Å²) in [5, 5.41) is 3.82. The molecule has 2 aromatic carbocycles. The minimum absolute atomic E-state index is 0.117. The highest BCUT2D eigenvalue weighted by atomic mass is 28.3. The molecule has 2 aliphatic rings. The SMILES string of the molecule is CN(CCNC1=C2C=CC=C2C(c2ccccc2)(c2ccccc2)C1)[Si](C)(C)C. The van der Waals surface area contributed by atoms with Gasteiger partial charge in [0.25, 0.3) is 0 Å². The van der Waals surface area contributed by atoms with Gasteiger partial charge < -0.3 is 9.88 Å². The molecular weight excluding hydrogens is 368 g/mol. The minimum Gasteiger partial charge on any atom is -0.387 e. The van der Waals surface area contributed by atoms with Crippen molar-refractivity contribution >= 4 is 8.24 Å². The smallest absolute Gasteiger partial charge is 0.118 e. The van der Waals surface area contributed by atoms with Crippen molar-refractivity contribution in [2.24, 2.45) is 0 Å². The summed E-state index contributed by atoms with van der Waals surface area (Å²) in [7, 11) is 1.02. The van der Waals surface area contributed by atoms with E-state index in [4.69, 9.17) is 0 Å². The van der Waals surface area contributed by atoms with Crippen molar-refractivity contribution < 1.29 is 0 Å². The molecule has 0 spiro atoms. The second kappa shape index (κ2) is 7.81. The van der Waals surface area contributed by atoms with Gasteiger partial charge in [0.1, 0.15) is 8.24 Å². The van der Waals surface area contributed by atoms with Crippen LogP contribution in [0.1, 0.15) is 17.5 Å². The first kappa shape index (κ1) is 19.9. The lowest BCUT2D eigenvalue weighted by molar-refractivity contribution is 0.493. The van der Waals surface area contributed by atoms with Crippen molar-refractivity contribution in [3.63, 3.8) is 0 Å². The number of nitrogens with one attached hydrogen (secondary N) is 1. The zero-order chi connectivity index (χ0) is 20.5. The van der Waals surface area contributed by atoms with Gasteiger partial charge >= 0.3 is 0 Å². The molecule has 4 rings (SSSR count). The Hall–Kier alpha value is -2.36. The molecule has 0 radical (unpaired) electrons. The topological polar surface area (TPSA) is 15.3 Å². The molecule has 0 bridgehead atoms. The third kappa shape index (κ3) is 3.65. The van der Waals surface area contributed by atoms with Crippen molar-refractivity contribution in [1.82, 2.24) is 9.88 Å². The molecular formula is C26H32N2Si. The van der Waals surface area contributed by atoms with Crippen LogP contribution in [0, 0.1) is 0 Å². The normalized spacial score (nSPS) is 17.6. The van der Waals surface area contributed by atoms with Crippen molar-refractivity contribution in [2.45, 2.75) is 31.5 Å². The van der Waals surface area contributed by atoms with Gasteiger partial charge in [-0.1, -0.05) is 98.5 Å². The van der Waals surface area contributed by atoms with E-state index in [1.54, 1.807) is 0 Å². The molecule has 0 saturated carbocycles. The Morgan fingerprint density at radius 2 is 1.52 bits per heavy atom. The van der Waals surface area contributed by atoms with Gasteiger partial charge in [-0.2, -0.15) is 0 Å². The summed E-state index contributed by atoms with van der Waals surface area (Å²) >= 11 is 0. The van der Waals surface area contributed by atoms with Crippen LogP contribution in [0.5, 0.6) is 0 Å². The summed E-state index contributed by atoms with van der Waals surface area (Å²) in [5.74, 6) is 0. The van der Waals surface area contributed by atoms with E-state index in [0.717, 1.165) is 19.5 Å². The van der Waals surface area contributed by atoms with E-state index in [1.807, 2.05) is 0 Å². The summed E-state index contributed by atoms with van der Waals surface area (Å²) in [4.78, 5) is 0. The van der Waals surface area contributed by atoms with Crippen LogP contribution in [0.15, 0.2) is 95.7 Å². The Morgan fingerprint density at radius 3 is 2.07 bits per heavy atom. The average Bonchev–Trinajstić information content (AvgIpc) is 3.31. The highest BCUT2D eigenvalue weighted by Crippen LogP contribution is 2.53. The van der Waals surface area contributed by atoms with Gasteiger partial charge in [0, 0.05) is 25.2 Å². The van der Waals surface area contributed by atoms with E-state index >= 15 is 0 Å². The van der Waals surface area contributed by atoms with Crippen molar-refractivity contribution in [1.29, 1.82) is 0 Å². The summed E-state index contributed by atoms with van der Waals surface area (Å²) in [6, 6.07) is 22.0. The number of hydrogen-bond acceptors (Lipinski definition) is 2. The molecule has 3 heteroatoms. The van der Waals surface area contributed by atoms with Crippen LogP contribution in [0.25, 0.3) is 0 Å². The van der Waals surface area contributed by atoms with Crippen LogP contribution in [0.4, 0.5) is 0 Å². The quantitative estimate of drug-likeness (QED) is 0.619. The van der Waals surface area contributed by atoms with Gasteiger partial charge in [0.2, 0.25) is 0 Å². The number of benzene rings is 2. The van der Waals surface area contributed by atoms with E-state index in [0.29, 0.717) is 0 Å². The van der Waals surface area contributed by atoms with Crippen molar-refractivity contribution in [3.05, 3.63) is 107 Å². The molecule has 150 valence electrons. The molecule has 0 amide bonds.